The molecule has 2 aromatic rings. The summed E-state index contributed by atoms with van der Waals surface area (Å²) in [6.07, 6.45) is 1.46. The fourth-order valence-electron chi connectivity index (χ4n) is 2.98. The van der Waals surface area contributed by atoms with E-state index in [1.807, 2.05) is 30.3 Å². The summed E-state index contributed by atoms with van der Waals surface area (Å²) in [4.78, 5) is 26.9. The molecule has 1 fully saturated rings. The van der Waals surface area contributed by atoms with E-state index in [4.69, 9.17) is 23.2 Å². The van der Waals surface area contributed by atoms with Gasteiger partial charge in [-0.3, -0.25) is 9.59 Å². The summed E-state index contributed by atoms with van der Waals surface area (Å²) in [6, 6.07) is 14.0. The highest BCUT2D eigenvalue weighted by atomic mass is 35.5. The second-order valence-corrected chi connectivity index (χ2v) is 6.80. The third kappa shape index (κ3) is 4.14. The number of rotatable bonds is 4. The molecule has 0 bridgehead atoms. The van der Waals surface area contributed by atoms with Crippen molar-refractivity contribution in [3.05, 3.63) is 69.7 Å². The van der Waals surface area contributed by atoms with Crippen LogP contribution >= 0.6 is 23.2 Å². The summed E-state index contributed by atoms with van der Waals surface area (Å²) in [5.74, 6) is -0.328. The molecule has 1 aliphatic rings. The van der Waals surface area contributed by atoms with Crippen molar-refractivity contribution in [3.63, 3.8) is 0 Å². The van der Waals surface area contributed by atoms with Gasteiger partial charge in [0.25, 0.3) is 5.91 Å². The van der Waals surface area contributed by atoms with Crippen molar-refractivity contribution in [2.75, 3.05) is 6.54 Å². The third-order valence-electron chi connectivity index (χ3n) is 4.29. The van der Waals surface area contributed by atoms with E-state index < -0.39 is 6.04 Å². The number of carbonyl (C=O) groups is 2. The lowest BCUT2D eigenvalue weighted by Crippen LogP contribution is -2.45. The minimum atomic E-state index is -0.453. The molecule has 3 rings (SSSR count). The fraction of sp³-hybridized carbons (Fsp3) is 0.263. The molecule has 6 heteroatoms. The van der Waals surface area contributed by atoms with Gasteiger partial charge in [-0.05, 0) is 36.6 Å². The molecule has 1 atom stereocenters. The van der Waals surface area contributed by atoms with Crippen LogP contribution < -0.4 is 5.32 Å². The molecule has 0 aliphatic carbocycles. The highest BCUT2D eigenvalue weighted by Gasteiger charge is 2.34. The lowest BCUT2D eigenvalue weighted by Gasteiger charge is -2.24. The standard InChI is InChI=1S/C19H18Cl2N2O2/c20-15-9-8-14(11-16(15)21)19(25)23-10-4-7-17(23)18(24)22-12-13-5-2-1-3-6-13/h1-3,5-6,8-9,11,17H,4,7,10,12H2,(H,22,24)/t17-/m0/s1. The second kappa shape index (κ2) is 7.89. The van der Waals surface area contributed by atoms with Gasteiger partial charge in [0, 0.05) is 18.7 Å². The minimum absolute atomic E-state index is 0.130. The number of likely N-dealkylation sites (tertiary alicyclic amines) is 1. The van der Waals surface area contributed by atoms with Crippen molar-refractivity contribution in [1.82, 2.24) is 10.2 Å². The maximum absolute atomic E-state index is 12.7. The molecule has 130 valence electrons. The SMILES string of the molecule is O=C(NCc1ccccc1)[C@@H]1CCCN1C(=O)c1ccc(Cl)c(Cl)c1. The maximum Gasteiger partial charge on any atom is 0.254 e. The van der Waals surface area contributed by atoms with E-state index in [-0.39, 0.29) is 11.8 Å². The first-order valence-electron chi connectivity index (χ1n) is 8.14. The molecule has 4 nitrogen and oxygen atoms in total. The Kier molecular flexibility index (Phi) is 5.61. The molecule has 25 heavy (non-hydrogen) atoms. The predicted molar refractivity (Wildman–Crippen MR) is 98.8 cm³/mol. The van der Waals surface area contributed by atoms with Gasteiger partial charge in [0.2, 0.25) is 5.91 Å². The molecule has 0 unspecified atom stereocenters. The Morgan fingerprint density at radius 1 is 1.08 bits per heavy atom. The zero-order valence-corrected chi connectivity index (χ0v) is 15.1. The number of hydrogen-bond donors (Lipinski definition) is 1. The van der Waals surface area contributed by atoms with Gasteiger partial charge < -0.3 is 10.2 Å². The van der Waals surface area contributed by atoms with Gasteiger partial charge in [-0.2, -0.15) is 0 Å². The lowest BCUT2D eigenvalue weighted by molar-refractivity contribution is -0.125. The highest BCUT2D eigenvalue weighted by Crippen LogP contribution is 2.26. The average Bonchev–Trinajstić information content (AvgIpc) is 3.12. The first-order valence-corrected chi connectivity index (χ1v) is 8.89. The third-order valence-corrected chi connectivity index (χ3v) is 5.03. The molecule has 1 saturated heterocycles. The van der Waals surface area contributed by atoms with Crippen molar-refractivity contribution >= 4 is 35.0 Å². The fourth-order valence-corrected chi connectivity index (χ4v) is 3.28. The summed E-state index contributed by atoms with van der Waals surface area (Å²) in [5.41, 5.74) is 1.47. The Hall–Kier alpha value is -2.04. The Balaban J connectivity index is 1.67. The largest absolute Gasteiger partial charge is 0.350 e. The average molecular weight is 377 g/mol. The number of amides is 2. The van der Waals surface area contributed by atoms with Gasteiger partial charge in [0.15, 0.2) is 0 Å². The quantitative estimate of drug-likeness (QED) is 0.878. The number of halogens is 2. The minimum Gasteiger partial charge on any atom is -0.350 e. The summed E-state index contributed by atoms with van der Waals surface area (Å²) in [7, 11) is 0. The molecule has 0 saturated carbocycles. The maximum atomic E-state index is 12.7. The highest BCUT2D eigenvalue weighted by molar-refractivity contribution is 6.42. The predicted octanol–water partition coefficient (Wildman–Crippen LogP) is 3.91. The summed E-state index contributed by atoms with van der Waals surface area (Å²) < 4.78 is 0. The molecule has 1 heterocycles. The zero-order chi connectivity index (χ0) is 17.8. The first kappa shape index (κ1) is 17.8. The summed E-state index contributed by atoms with van der Waals surface area (Å²) in [6.45, 7) is 1.01. The van der Waals surface area contributed by atoms with Crippen LogP contribution in [0.5, 0.6) is 0 Å². The van der Waals surface area contributed by atoms with Crippen LogP contribution in [0.3, 0.4) is 0 Å². The molecular formula is C19H18Cl2N2O2. The summed E-state index contributed by atoms with van der Waals surface area (Å²) in [5, 5.41) is 3.65. The number of nitrogens with zero attached hydrogens (tertiary/aromatic N) is 1. The van der Waals surface area contributed by atoms with E-state index in [1.54, 1.807) is 23.1 Å². The van der Waals surface area contributed by atoms with Crippen molar-refractivity contribution in [3.8, 4) is 0 Å². The van der Waals surface area contributed by atoms with Gasteiger partial charge in [0.05, 0.1) is 10.0 Å². The van der Waals surface area contributed by atoms with Crippen LogP contribution in [-0.4, -0.2) is 29.3 Å². The van der Waals surface area contributed by atoms with Gasteiger partial charge in [-0.1, -0.05) is 53.5 Å². The lowest BCUT2D eigenvalue weighted by atomic mass is 10.1. The number of hydrogen-bond acceptors (Lipinski definition) is 2. The van der Waals surface area contributed by atoms with Crippen molar-refractivity contribution in [2.45, 2.75) is 25.4 Å². The van der Waals surface area contributed by atoms with Crippen LogP contribution in [0.25, 0.3) is 0 Å². The summed E-state index contributed by atoms with van der Waals surface area (Å²) >= 11 is 11.9. The smallest absolute Gasteiger partial charge is 0.254 e. The van der Waals surface area contributed by atoms with Gasteiger partial charge in [-0.15, -0.1) is 0 Å². The van der Waals surface area contributed by atoms with Crippen molar-refractivity contribution in [2.24, 2.45) is 0 Å². The van der Waals surface area contributed by atoms with Crippen molar-refractivity contribution < 1.29 is 9.59 Å². The van der Waals surface area contributed by atoms with Crippen LogP contribution in [0.15, 0.2) is 48.5 Å². The second-order valence-electron chi connectivity index (χ2n) is 5.99. The van der Waals surface area contributed by atoms with Gasteiger partial charge in [-0.25, -0.2) is 0 Å². The zero-order valence-electron chi connectivity index (χ0n) is 13.5. The Morgan fingerprint density at radius 2 is 1.84 bits per heavy atom. The number of carbonyl (C=O) groups excluding carboxylic acids is 2. The van der Waals surface area contributed by atoms with Crippen LogP contribution in [0.1, 0.15) is 28.8 Å². The topological polar surface area (TPSA) is 49.4 Å². The number of benzene rings is 2. The van der Waals surface area contributed by atoms with E-state index in [0.717, 1.165) is 12.0 Å². The molecule has 0 aromatic heterocycles. The Bertz CT molecular complexity index is 780. The normalized spacial score (nSPS) is 16.7. The Morgan fingerprint density at radius 3 is 2.56 bits per heavy atom. The Labute approximate surface area is 156 Å². The molecule has 2 amide bonds. The van der Waals surface area contributed by atoms with E-state index in [1.165, 1.54) is 0 Å². The van der Waals surface area contributed by atoms with E-state index in [9.17, 15) is 9.59 Å². The van der Waals surface area contributed by atoms with Crippen molar-refractivity contribution in [1.29, 1.82) is 0 Å². The van der Waals surface area contributed by atoms with Gasteiger partial charge in [0.1, 0.15) is 6.04 Å². The van der Waals surface area contributed by atoms with Crippen LogP contribution in [0.2, 0.25) is 10.0 Å². The van der Waals surface area contributed by atoms with Crippen LogP contribution in [-0.2, 0) is 11.3 Å². The molecule has 0 spiro atoms. The molecule has 1 aliphatic heterocycles. The van der Waals surface area contributed by atoms with Gasteiger partial charge >= 0.3 is 0 Å². The first-order chi connectivity index (χ1) is 12.1. The molecule has 1 N–H and O–H groups in total. The molecule has 2 aromatic carbocycles. The van der Waals surface area contributed by atoms with Crippen LogP contribution in [0.4, 0.5) is 0 Å². The van der Waals surface area contributed by atoms with E-state index >= 15 is 0 Å². The van der Waals surface area contributed by atoms with E-state index in [0.29, 0.717) is 35.1 Å². The monoisotopic (exact) mass is 376 g/mol. The van der Waals surface area contributed by atoms with E-state index in [2.05, 4.69) is 5.32 Å². The number of nitrogens with one attached hydrogen (secondary N) is 1. The molecule has 0 radical (unpaired) electrons. The molecular weight excluding hydrogens is 359 g/mol. The van der Waals surface area contributed by atoms with Crippen LogP contribution in [0, 0.1) is 0 Å².